The van der Waals surface area contributed by atoms with Gasteiger partial charge in [0.1, 0.15) is 11.5 Å². The third kappa shape index (κ3) is 6.76. The SMILES string of the molecule is COc1cc(/C=C/c2ccc(O[Si](C)(C)C)c(OC)c2)ccc1O[Si](C)(C)C. The molecule has 2 rings (SSSR count). The van der Waals surface area contributed by atoms with Gasteiger partial charge in [-0.1, -0.05) is 24.3 Å². The van der Waals surface area contributed by atoms with Gasteiger partial charge in [0.25, 0.3) is 0 Å². The van der Waals surface area contributed by atoms with Gasteiger partial charge in [0.05, 0.1) is 14.2 Å². The van der Waals surface area contributed by atoms with E-state index < -0.39 is 16.6 Å². The molecule has 0 aliphatic rings. The summed E-state index contributed by atoms with van der Waals surface area (Å²) < 4.78 is 23.2. The number of methoxy groups -OCH3 is 2. The van der Waals surface area contributed by atoms with Crippen LogP contribution in [0, 0.1) is 0 Å². The fourth-order valence-electron chi connectivity index (χ4n) is 2.60. The molecule has 0 N–H and O–H groups in total. The standard InChI is InChI=1S/C22H32O4Si2/c1-23-21-15-17(11-13-19(21)25-27(3,4)5)9-10-18-12-14-20(22(16-18)24-2)26-28(6,7)8/h9-16H,1-8H3/b10-9+. The highest BCUT2D eigenvalue weighted by Gasteiger charge is 2.19. The lowest BCUT2D eigenvalue weighted by atomic mass is 10.1. The third-order valence-electron chi connectivity index (χ3n) is 3.68. The van der Waals surface area contributed by atoms with Crippen molar-refractivity contribution in [2.45, 2.75) is 39.3 Å². The van der Waals surface area contributed by atoms with Crippen LogP contribution in [0.1, 0.15) is 11.1 Å². The van der Waals surface area contributed by atoms with Crippen LogP contribution in [-0.2, 0) is 0 Å². The molecule has 0 aliphatic carbocycles. The number of rotatable bonds is 8. The van der Waals surface area contributed by atoms with E-state index in [1.165, 1.54) is 0 Å². The van der Waals surface area contributed by atoms with Crippen LogP contribution in [0.2, 0.25) is 39.3 Å². The molecule has 2 aromatic rings. The van der Waals surface area contributed by atoms with E-state index in [2.05, 4.69) is 51.4 Å². The van der Waals surface area contributed by atoms with Crippen LogP contribution >= 0.6 is 0 Å². The summed E-state index contributed by atoms with van der Waals surface area (Å²) in [7, 11) is -0.0394. The summed E-state index contributed by atoms with van der Waals surface area (Å²) in [6.45, 7) is 12.9. The van der Waals surface area contributed by atoms with Gasteiger partial charge in [-0.3, -0.25) is 0 Å². The first-order valence-electron chi connectivity index (χ1n) is 9.43. The smallest absolute Gasteiger partial charge is 0.242 e. The molecule has 0 saturated heterocycles. The Balaban J connectivity index is 2.23. The molecule has 0 aromatic heterocycles. The summed E-state index contributed by atoms with van der Waals surface area (Å²) in [5.74, 6) is 3.10. The molecule has 0 amide bonds. The first kappa shape index (κ1) is 22.1. The van der Waals surface area contributed by atoms with Gasteiger partial charge in [-0.25, -0.2) is 0 Å². The Bertz CT molecular complexity index is 764. The molecule has 0 fully saturated rings. The lowest BCUT2D eigenvalue weighted by Crippen LogP contribution is -2.29. The van der Waals surface area contributed by atoms with Gasteiger partial charge in [0.15, 0.2) is 11.5 Å². The van der Waals surface area contributed by atoms with E-state index >= 15 is 0 Å². The average Bonchev–Trinajstić information content (AvgIpc) is 2.59. The Morgan fingerprint density at radius 1 is 0.571 bits per heavy atom. The molecule has 28 heavy (non-hydrogen) atoms. The van der Waals surface area contributed by atoms with Gasteiger partial charge in [0, 0.05) is 0 Å². The van der Waals surface area contributed by atoms with Crippen LogP contribution < -0.4 is 18.3 Å². The van der Waals surface area contributed by atoms with Crippen molar-refractivity contribution in [2.75, 3.05) is 14.2 Å². The Kier molecular flexibility index (Phi) is 7.01. The Labute approximate surface area is 171 Å². The van der Waals surface area contributed by atoms with Crippen molar-refractivity contribution >= 4 is 28.8 Å². The van der Waals surface area contributed by atoms with Gasteiger partial charge >= 0.3 is 0 Å². The zero-order valence-corrected chi connectivity index (χ0v) is 20.3. The average molecular weight is 417 g/mol. The van der Waals surface area contributed by atoms with Crippen LogP contribution in [0.3, 0.4) is 0 Å². The molecule has 0 heterocycles. The van der Waals surface area contributed by atoms with Crippen molar-refractivity contribution in [3.8, 4) is 23.0 Å². The highest BCUT2D eigenvalue weighted by atomic mass is 28.4. The van der Waals surface area contributed by atoms with Crippen molar-refractivity contribution in [1.82, 2.24) is 0 Å². The van der Waals surface area contributed by atoms with E-state index in [0.29, 0.717) is 0 Å². The fourth-order valence-corrected chi connectivity index (χ4v) is 4.25. The van der Waals surface area contributed by atoms with Crippen LogP contribution in [0.25, 0.3) is 12.2 Å². The second kappa shape index (κ2) is 8.88. The fraction of sp³-hybridized carbons (Fsp3) is 0.364. The van der Waals surface area contributed by atoms with Gasteiger partial charge in [-0.2, -0.15) is 0 Å². The summed E-state index contributed by atoms with van der Waals surface area (Å²) in [6, 6.07) is 12.0. The molecule has 4 nitrogen and oxygen atoms in total. The molecule has 2 aromatic carbocycles. The first-order chi connectivity index (χ1) is 13.0. The topological polar surface area (TPSA) is 36.9 Å². The normalized spacial score (nSPS) is 12.1. The Morgan fingerprint density at radius 3 is 1.21 bits per heavy atom. The Morgan fingerprint density at radius 2 is 0.929 bits per heavy atom. The molecule has 152 valence electrons. The van der Waals surface area contributed by atoms with E-state index in [-0.39, 0.29) is 0 Å². The predicted molar refractivity (Wildman–Crippen MR) is 123 cm³/mol. The summed E-state index contributed by atoms with van der Waals surface area (Å²) in [5, 5.41) is 0. The predicted octanol–water partition coefficient (Wildman–Crippen LogP) is 6.30. The summed E-state index contributed by atoms with van der Waals surface area (Å²) in [6.07, 6.45) is 4.10. The number of hydrogen-bond donors (Lipinski definition) is 0. The van der Waals surface area contributed by atoms with E-state index in [9.17, 15) is 0 Å². The molecule has 0 unspecified atom stereocenters. The van der Waals surface area contributed by atoms with E-state index in [1.807, 2.05) is 36.4 Å². The van der Waals surface area contributed by atoms with Crippen molar-refractivity contribution in [2.24, 2.45) is 0 Å². The summed E-state index contributed by atoms with van der Waals surface area (Å²) >= 11 is 0. The second-order valence-electron chi connectivity index (χ2n) is 8.58. The molecule has 0 saturated carbocycles. The molecule has 0 atom stereocenters. The van der Waals surface area contributed by atoms with Crippen molar-refractivity contribution in [3.63, 3.8) is 0 Å². The lowest BCUT2D eigenvalue weighted by molar-refractivity contribution is 0.392. The van der Waals surface area contributed by atoms with Crippen molar-refractivity contribution in [1.29, 1.82) is 0 Å². The van der Waals surface area contributed by atoms with Gasteiger partial charge in [-0.05, 0) is 74.7 Å². The largest absolute Gasteiger partial charge is 0.542 e. The van der Waals surface area contributed by atoms with Crippen molar-refractivity contribution < 1.29 is 18.3 Å². The number of hydrogen-bond acceptors (Lipinski definition) is 4. The zero-order chi connectivity index (χ0) is 20.9. The molecule has 0 spiro atoms. The maximum atomic E-state index is 6.09. The van der Waals surface area contributed by atoms with Crippen LogP contribution in [-0.4, -0.2) is 30.9 Å². The molecule has 0 bridgehead atoms. The minimum atomic E-state index is -1.69. The van der Waals surface area contributed by atoms with Gasteiger partial charge < -0.3 is 18.3 Å². The molecule has 6 heteroatoms. The second-order valence-corrected chi connectivity index (χ2v) is 17.4. The monoisotopic (exact) mass is 416 g/mol. The minimum absolute atomic E-state index is 0.751. The van der Waals surface area contributed by atoms with Crippen LogP contribution in [0.5, 0.6) is 23.0 Å². The third-order valence-corrected chi connectivity index (χ3v) is 5.34. The maximum Gasteiger partial charge on any atom is 0.242 e. The van der Waals surface area contributed by atoms with E-state index in [0.717, 1.165) is 34.1 Å². The highest BCUT2D eigenvalue weighted by Crippen LogP contribution is 2.32. The van der Waals surface area contributed by atoms with Gasteiger partial charge in [0.2, 0.25) is 16.6 Å². The summed E-state index contributed by atoms with van der Waals surface area (Å²) in [5.41, 5.74) is 2.09. The first-order valence-corrected chi connectivity index (χ1v) is 16.2. The van der Waals surface area contributed by atoms with Crippen LogP contribution in [0.4, 0.5) is 0 Å². The van der Waals surface area contributed by atoms with Crippen LogP contribution in [0.15, 0.2) is 36.4 Å². The quantitative estimate of drug-likeness (QED) is 0.374. The molecular weight excluding hydrogens is 384 g/mol. The number of ether oxygens (including phenoxy) is 2. The Hall–Kier alpha value is -2.19. The maximum absolute atomic E-state index is 6.09. The minimum Gasteiger partial charge on any atom is -0.542 e. The van der Waals surface area contributed by atoms with E-state index in [4.69, 9.17) is 18.3 Å². The summed E-state index contributed by atoms with van der Waals surface area (Å²) in [4.78, 5) is 0. The number of benzene rings is 2. The highest BCUT2D eigenvalue weighted by molar-refractivity contribution is 6.70. The van der Waals surface area contributed by atoms with Crippen molar-refractivity contribution in [3.05, 3.63) is 47.5 Å². The van der Waals surface area contributed by atoms with Gasteiger partial charge in [-0.15, -0.1) is 0 Å². The molecule has 0 radical (unpaired) electrons. The lowest BCUT2D eigenvalue weighted by Gasteiger charge is -2.21. The zero-order valence-electron chi connectivity index (χ0n) is 18.3. The van der Waals surface area contributed by atoms with E-state index in [1.54, 1.807) is 14.2 Å². The molecular formula is C22H32O4Si2. The molecule has 0 aliphatic heterocycles.